The lowest BCUT2D eigenvalue weighted by atomic mass is 10.3. The molecular formula is C14H14BrNO2S. The summed E-state index contributed by atoms with van der Waals surface area (Å²) in [7, 11) is 0. The van der Waals surface area contributed by atoms with Crippen LogP contribution in [0.3, 0.4) is 0 Å². The van der Waals surface area contributed by atoms with Crippen molar-refractivity contribution in [2.75, 3.05) is 6.61 Å². The van der Waals surface area contributed by atoms with E-state index in [9.17, 15) is 4.79 Å². The minimum Gasteiger partial charge on any atom is -0.483 e. The van der Waals surface area contributed by atoms with Crippen molar-refractivity contribution in [2.24, 2.45) is 0 Å². The number of benzene rings is 1. The monoisotopic (exact) mass is 339 g/mol. The Hall–Kier alpha value is -1.33. The van der Waals surface area contributed by atoms with Crippen LogP contribution in [0.25, 0.3) is 0 Å². The second-order valence-electron chi connectivity index (χ2n) is 4.02. The van der Waals surface area contributed by atoms with Crippen LogP contribution < -0.4 is 10.1 Å². The quantitative estimate of drug-likeness (QED) is 0.900. The van der Waals surface area contributed by atoms with Crippen LogP contribution in [0.4, 0.5) is 0 Å². The first kappa shape index (κ1) is 14.1. The van der Waals surface area contributed by atoms with Gasteiger partial charge in [-0.05, 0) is 46.4 Å². The van der Waals surface area contributed by atoms with E-state index in [0.29, 0.717) is 5.75 Å². The molecule has 3 nitrogen and oxygen atoms in total. The first-order valence-electron chi connectivity index (χ1n) is 5.87. The second kappa shape index (κ2) is 6.73. The average Bonchev–Trinajstić information content (AvgIpc) is 2.91. The van der Waals surface area contributed by atoms with Crippen molar-refractivity contribution in [3.8, 4) is 5.75 Å². The predicted octanol–water partition coefficient (Wildman–Crippen LogP) is 3.77. The Balaban J connectivity index is 1.84. The highest BCUT2D eigenvalue weighted by Crippen LogP contribution is 2.23. The third kappa shape index (κ3) is 4.08. The smallest absolute Gasteiger partial charge is 0.258 e. The molecule has 1 aromatic heterocycles. The standard InChI is InChI=1S/C14H14BrNO2S/c1-10(13-7-4-8-19-13)16-14(17)9-18-12-6-3-2-5-11(12)15/h2-8,10H,9H2,1H3,(H,16,17). The molecule has 100 valence electrons. The van der Waals surface area contributed by atoms with Crippen LogP contribution in [0.2, 0.25) is 0 Å². The van der Waals surface area contributed by atoms with Crippen molar-refractivity contribution in [2.45, 2.75) is 13.0 Å². The number of amides is 1. The zero-order valence-corrected chi connectivity index (χ0v) is 12.8. The van der Waals surface area contributed by atoms with Crippen LogP contribution in [0.1, 0.15) is 17.8 Å². The molecule has 2 rings (SSSR count). The average molecular weight is 340 g/mol. The topological polar surface area (TPSA) is 38.3 Å². The van der Waals surface area contributed by atoms with Crippen LogP contribution in [0, 0.1) is 0 Å². The van der Waals surface area contributed by atoms with Crippen LogP contribution in [-0.2, 0) is 4.79 Å². The fraction of sp³-hybridized carbons (Fsp3) is 0.214. The van der Waals surface area contributed by atoms with Gasteiger partial charge in [0.2, 0.25) is 0 Å². The van der Waals surface area contributed by atoms with E-state index in [2.05, 4.69) is 21.2 Å². The number of carbonyl (C=O) groups excluding carboxylic acids is 1. The van der Waals surface area contributed by atoms with E-state index in [4.69, 9.17) is 4.74 Å². The first-order chi connectivity index (χ1) is 9.16. The molecule has 0 spiro atoms. The predicted molar refractivity (Wildman–Crippen MR) is 80.5 cm³/mol. The molecule has 0 aliphatic rings. The van der Waals surface area contributed by atoms with Gasteiger partial charge in [0, 0.05) is 4.88 Å². The summed E-state index contributed by atoms with van der Waals surface area (Å²) in [5.74, 6) is 0.540. The molecule has 0 radical (unpaired) electrons. The van der Waals surface area contributed by atoms with Gasteiger partial charge in [0.05, 0.1) is 10.5 Å². The molecule has 0 fully saturated rings. The third-order valence-electron chi connectivity index (χ3n) is 2.54. The zero-order valence-electron chi connectivity index (χ0n) is 10.4. The van der Waals surface area contributed by atoms with Crippen LogP contribution in [0.15, 0.2) is 46.3 Å². The Labute approximate surface area is 124 Å². The Morgan fingerprint density at radius 3 is 2.84 bits per heavy atom. The van der Waals surface area contributed by atoms with Crippen LogP contribution in [0.5, 0.6) is 5.75 Å². The summed E-state index contributed by atoms with van der Waals surface area (Å²) in [6.45, 7) is 1.97. The van der Waals surface area contributed by atoms with Gasteiger partial charge in [0.25, 0.3) is 5.91 Å². The molecule has 1 amide bonds. The Morgan fingerprint density at radius 2 is 2.16 bits per heavy atom. The van der Waals surface area contributed by atoms with Gasteiger partial charge in [-0.1, -0.05) is 18.2 Å². The molecular weight excluding hydrogens is 326 g/mol. The fourth-order valence-corrected chi connectivity index (χ4v) is 2.73. The van der Waals surface area contributed by atoms with Crippen molar-refractivity contribution in [3.05, 3.63) is 51.1 Å². The lowest BCUT2D eigenvalue weighted by molar-refractivity contribution is -0.123. The normalized spacial score (nSPS) is 11.9. The lowest BCUT2D eigenvalue weighted by Crippen LogP contribution is -2.30. The minimum atomic E-state index is -0.128. The van der Waals surface area contributed by atoms with Crippen molar-refractivity contribution >= 4 is 33.2 Å². The number of para-hydroxylation sites is 1. The summed E-state index contributed by atoms with van der Waals surface area (Å²) in [5, 5.41) is 4.90. The number of nitrogens with one attached hydrogen (secondary N) is 1. The Morgan fingerprint density at radius 1 is 1.37 bits per heavy atom. The molecule has 5 heteroatoms. The van der Waals surface area contributed by atoms with Gasteiger partial charge >= 0.3 is 0 Å². The van der Waals surface area contributed by atoms with Crippen molar-refractivity contribution in [1.29, 1.82) is 0 Å². The summed E-state index contributed by atoms with van der Waals surface area (Å²) in [6.07, 6.45) is 0. The number of hydrogen-bond donors (Lipinski definition) is 1. The minimum absolute atomic E-state index is 0.00955. The van der Waals surface area contributed by atoms with Gasteiger partial charge < -0.3 is 10.1 Å². The molecule has 0 saturated carbocycles. The highest BCUT2D eigenvalue weighted by Gasteiger charge is 2.11. The molecule has 0 saturated heterocycles. The highest BCUT2D eigenvalue weighted by atomic mass is 79.9. The zero-order chi connectivity index (χ0) is 13.7. The Kier molecular flexibility index (Phi) is 4.99. The molecule has 1 unspecified atom stereocenters. The SMILES string of the molecule is CC(NC(=O)COc1ccccc1Br)c1cccs1. The van der Waals surface area contributed by atoms with Gasteiger partial charge in [-0.15, -0.1) is 11.3 Å². The highest BCUT2D eigenvalue weighted by molar-refractivity contribution is 9.10. The lowest BCUT2D eigenvalue weighted by Gasteiger charge is -2.13. The number of ether oxygens (including phenoxy) is 1. The van der Waals surface area contributed by atoms with E-state index in [1.165, 1.54) is 0 Å². The maximum atomic E-state index is 11.8. The van der Waals surface area contributed by atoms with Gasteiger partial charge in [-0.25, -0.2) is 0 Å². The van der Waals surface area contributed by atoms with Crippen LogP contribution >= 0.6 is 27.3 Å². The van der Waals surface area contributed by atoms with Gasteiger partial charge in [-0.3, -0.25) is 4.79 Å². The molecule has 1 aromatic carbocycles. The molecule has 2 aromatic rings. The molecule has 1 N–H and O–H groups in total. The molecule has 19 heavy (non-hydrogen) atoms. The Bertz CT molecular complexity index is 542. The van der Waals surface area contributed by atoms with Gasteiger partial charge in [0.1, 0.15) is 5.75 Å². The summed E-state index contributed by atoms with van der Waals surface area (Å²) in [5.41, 5.74) is 0. The van der Waals surface area contributed by atoms with Gasteiger partial charge in [0.15, 0.2) is 6.61 Å². The molecule has 0 aliphatic carbocycles. The fourth-order valence-electron chi connectivity index (χ4n) is 1.60. The largest absolute Gasteiger partial charge is 0.483 e. The second-order valence-corrected chi connectivity index (χ2v) is 5.86. The number of hydrogen-bond acceptors (Lipinski definition) is 3. The number of thiophene rings is 1. The first-order valence-corrected chi connectivity index (χ1v) is 7.54. The summed E-state index contributed by atoms with van der Waals surface area (Å²) >= 11 is 5.00. The number of halogens is 1. The van der Waals surface area contributed by atoms with Crippen molar-refractivity contribution in [3.63, 3.8) is 0 Å². The van der Waals surface area contributed by atoms with E-state index in [0.717, 1.165) is 9.35 Å². The summed E-state index contributed by atoms with van der Waals surface area (Å²) < 4.78 is 6.30. The van der Waals surface area contributed by atoms with Gasteiger partial charge in [-0.2, -0.15) is 0 Å². The van der Waals surface area contributed by atoms with E-state index in [1.54, 1.807) is 11.3 Å². The molecule has 1 atom stereocenters. The maximum Gasteiger partial charge on any atom is 0.258 e. The van der Waals surface area contributed by atoms with Crippen LogP contribution in [-0.4, -0.2) is 12.5 Å². The summed E-state index contributed by atoms with van der Waals surface area (Å²) in [6, 6.07) is 11.4. The maximum absolute atomic E-state index is 11.8. The van der Waals surface area contributed by atoms with E-state index in [1.807, 2.05) is 48.7 Å². The van der Waals surface area contributed by atoms with Crippen molar-refractivity contribution in [1.82, 2.24) is 5.32 Å². The molecule has 0 bridgehead atoms. The number of carbonyl (C=O) groups is 1. The number of rotatable bonds is 5. The summed E-state index contributed by atoms with van der Waals surface area (Å²) in [4.78, 5) is 12.9. The van der Waals surface area contributed by atoms with Crippen molar-refractivity contribution < 1.29 is 9.53 Å². The third-order valence-corrected chi connectivity index (χ3v) is 4.25. The van der Waals surface area contributed by atoms with E-state index >= 15 is 0 Å². The van der Waals surface area contributed by atoms with E-state index in [-0.39, 0.29) is 18.6 Å². The molecule has 1 heterocycles. The van der Waals surface area contributed by atoms with E-state index < -0.39 is 0 Å². The molecule has 0 aliphatic heterocycles.